The molecule has 1 aliphatic rings. The molecular formula is C14H21ClN2OS. The third-order valence-electron chi connectivity index (χ3n) is 3.54. The lowest BCUT2D eigenvalue weighted by atomic mass is 10.2. The van der Waals surface area contributed by atoms with Gasteiger partial charge in [-0.2, -0.15) is 0 Å². The van der Waals surface area contributed by atoms with E-state index < -0.39 is 0 Å². The topological polar surface area (TPSA) is 32.3 Å². The molecular weight excluding hydrogens is 280 g/mol. The van der Waals surface area contributed by atoms with Crippen molar-refractivity contribution in [3.63, 3.8) is 0 Å². The lowest BCUT2D eigenvalue weighted by molar-refractivity contribution is -0.123. The average molecular weight is 301 g/mol. The van der Waals surface area contributed by atoms with Crippen molar-refractivity contribution < 1.29 is 4.79 Å². The number of carbonyl (C=O) groups is 1. The summed E-state index contributed by atoms with van der Waals surface area (Å²) in [6.45, 7) is 4.22. The van der Waals surface area contributed by atoms with Crippen LogP contribution in [0.4, 0.5) is 0 Å². The molecule has 1 amide bonds. The fraction of sp³-hybridized carbons (Fsp3) is 0.643. The number of carbonyl (C=O) groups excluding carboxylic acids is 1. The number of nitrogens with zero attached hydrogens (tertiary/aromatic N) is 1. The molecule has 0 spiro atoms. The van der Waals surface area contributed by atoms with Gasteiger partial charge < -0.3 is 5.32 Å². The molecule has 1 saturated carbocycles. The second kappa shape index (κ2) is 7.27. The Hall–Kier alpha value is -0.580. The van der Waals surface area contributed by atoms with Gasteiger partial charge in [0.25, 0.3) is 0 Å². The molecule has 2 rings (SSSR count). The Morgan fingerprint density at radius 3 is 2.79 bits per heavy atom. The molecule has 0 bridgehead atoms. The molecule has 0 aromatic carbocycles. The van der Waals surface area contributed by atoms with Gasteiger partial charge in [0.2, 0.25) is 5.91 Å². The van der Waals surface area contributed by atoms with Crippen molar-refractivity contribution in [2.75, 3.05) is 13.1 Å². The number of nitrogens with one attached hydrogen (secondary N) is 1. The highest BCUT2D eigenvalue weighted by atomic mass is 35.5. The molecule has 0 saturated heterocycles. The number of hydrogen-bond donors (Lipinski definition) is 1. The zero-order valence-corrected chi connectivity index (χ0v) is 12.9. The van der Waals surface area contributed by atoms with Gasteiger partial charge in [0, 0.05) is 17.5 Å². The SMILES string of the molecule is CCN(CC(=O)NC1CCCC1)Cc1ccc(Cl)s1. The van der Waals surface area contributed by atoms with E-state index in [0.717, 1.165) is 30.3 Å². The highest BCUT2D eigenvalue weighted by Gasteiger charge is 2.18. The van der Waals surface area contributed by atoms with E-state index in [2.05, 4.69) is 17.1 Å². The second-order valence-electron chi connectivity index (χ2n) is 5.06. The lowest BCUT2D eigenvalue weighted by Crippen LogP contribution is -2.40. The Morgan fingerprint density at radius 1 is 1.47 bits per heavy atom. The lowest BCUT2D eigenvalue weighted by Gasteiger charge is -2.20. The molecule has 19 heavy (non-hydrogen) atoms. The molecule has 1 N–H and O–H groups in total. The van der Waals surface area contributed by atoms with E-state index in [0.29, 0.717) is 12.6 Å². The largest absolute Gasteiger partial charge is 0.352 e. The van der Waals surface area contributed by atoms with E-state index in [9.17, 15) is 4.79 Å². The Morgan fingerprint density at radius 2 is 2.21 bits per heavy atom. The van der Waals surface area contributed by atoms with Crippen LogP contribution in [-0.4, -0.2) is 29.9 Å². The number of hydrogen-bond acceptors (Lipinski definition) is 3. The predicted octanol–water partition coefficient (Wildman–Crippen LogP) is 3.28. The standard InChI is InChI=1S/C14H21ClN2OS/c1-2-17(9-12-7-8-13(15)19-12)10-14(18)16-11-5-3-4-6-11/h7-8,11H,2-6,9-10H2,1H3,(H,16,18). The number of halogens is 1. The highest BCUT2D eigenvalue weighted by molar-refractivity contribution is 7.16. The minimum absolute atomic E-state index is 0.149. The maximum Gasteiger partial charge on any atom is 0.234 e. The van der Waals surface area contributed by atoms with Crippen molar-refractivity contribution in [2.24, 2.45) is 0 Å². The zero-order valence-electron chi connectivity index (χ0n) is 11.3. The zero-order chi connectivity index (χ0) is 13.7. The summed E-state index contributed by atoms with van der Waals surface area (Å²) in [5.41, 5.74) is 0. The monoisotopic (exact) mass is 300 g/mol. The quantitative estimate of drug-likeness (QED) is 0.874. The average Bonchev–Trinajstić information content (AvgIpc) is 3.00. The minimum Gasteiger partial charge on any atom is -0.352 e. The van der Waals surface area contributed by atoms with E-state index >= 15 is 0 Å². The van der Waals surface area contributed by atoms with Crippen molar-refractivity contribution in [2.45, 2.75) is 45.2 Å². The highest BCUT2D eigenvalue weighted by Crippen LogP contribution is 2.22. The van der Waals surface area contributed by atoms with E-state index in [1.807, 2.05) is 12.1 Å². The summed E-state index contributed by atoms with van der Waals surface area (Å²) < 4.78 is 0.807. The Bertz CT molecular complexity index is 415. The number of thiophene rings is 1. The van der Waals surface area contributed by atoms with Gasteiger partial charge in [-0.3, -0.25) is 9.69 Å². The van der Waals surface area contributed by atoms with Gasteiger partial charge in [-0.05, 0) is 31.5 Å². The van der Waals surface area contributed by atoms with Crippen LogP contribution in [0.1, 0.15) is 37.5 Å². The minimum atomic E-state index is 0.149. The van der Waals surface area contributed by atoms with Crippen LogP contribution in [0.15, 0.2) is 12.1 Å². The van der Waals surface area contributed by atoms with Crippen molar-refractivity contribution in [1.29, 1.82) is 0 Å². The first-order valence-corrected chi connectivity index (χ1v) is 8.12. The molecule has 1 aromatic rings. The maximum atomic E-state index is 12.0. The summed E-state index contributed by atoms with van der Waals surface area (Å²) in [5, 5.41) is 3.13. The van der Waals surface area contributed by atoms with Crippen LogP contribution in [0.3, 0.4) is 0 Å². The molecule has 1 aromatic heterocycles. The molecule has 0 aliphatic heterocycles. The molecule has 0 unspecified atom stereocenters. The van der Waals surface area contributed by atoms with Gasteiger partial charge in [-0.15, -0.1) is 11.3 Å². The number of likely N-dealkylation sites (N-methyl/N-ethyl adjacent to an activating group) is 1. The van der Waals surface area contributed by atoms with Crippen molar-refractivity contribution in [3.05, 3.63) is 21.3 Å². The van der Waals surface area contributed by atoms with Gasteiger partial charge in [-0.1, -0.05) is 31.4 Å². The number of rotatable bonds is 6. The first-order chi connectivity index (χ1) is 9.17. The number of amides is 1. The van der Waals surface area contributed by atoms with Crippen LogP contribution >= 0.6 is 22.9 Å². The van der Waals surface area contributed by atoms with Gasteiger partial charge in [0.1, 0.15) is 0 Å². The fourth-order valence-corrected chi connectivity index (χ4v) is 3.61. The first-order valence-electron chi connectivity index (χ1n) is 6.93. The Balaban J connectivity index is 1.79. The first kappa shape index (κ1) is 14.8. The van der Waals surface area contributed by atoms with E-state index in [4.69, 9.17) is 11.6 Å². The third kappa shape index (κ3) is 4.79. The van der Waals surface area contributed by atoms with Gasteiger partial charge in [-0.25, -0.2) is 0 Å². The van der Waals surface area contributed by atoms with Crippen molar-refractivity contribution in [1.82, 2.24) is 10.2 Å². The summed E-state index contributed by atoms with van der Waals surface area (Å²) in [5.74, 6) is 0.149. The van der Waals surface area contributed by atoms with Crippen LogP contribution in [0, 0.1) is 0 Å². The maximum absolute atomic E-state index is 12.0. The van der Waals surface area contributed by atoms with E-state index in [-0.39, 0.29) is 5.91 Å². The fourth-order valence-electron chi connectivity index (χ4n) is 2.48. The summed E-state index contributed by atoms with van der Waals surface area (Å²) >= 11 is 7.51. The molecule has 5 heteroatoms. The normalized spacial score (nSPS) is 16.2. The third-order valence-corrected chi connectivity index (χ3v) is 4.76. The van der Waals surface area contributed by atoms with Gasteiger partial charge in [0.15, 0.2) is 0 Å². The smallest absolute Gasteiger partial charge is 0.234 e. The Kier molecular flexibility index (Phi) is 5.67. The van der Waals surface area contributed by atoms with Crippen molar-refractivity contribution in [3.8, 4) is 0 Å². The van der Waals surface area contributed by atoms with E-state index in [1.54, 1.807) is 11.3 Å². The predicted molar refractivity (Wildman–Crippen MR) is 80.7 cm³/mol. The molecule has 1 fully saturated rings. The molecule has 1 heterocycles. The van der Waals surface area contributed by atoms with Gasteiger partial charge in [0.05, 0.1) is 10.9 Å². The van der Waals surface area contributed by atoms with Crippen LogP contribution in [0.25, 0.3) is 0 Å². The molecule has 0 atom stereocenters. The molecule has 3 nitrogen and oxygen atoms in total. The van der Waals surface area contributed by atoms with Crippen LogP contribution in [0.5, 0.6) is 0 Å². The summed E-state index contributed by atoms with van der Waals surface area (Å²) in [6.07, 6.45) is 4.77. The molecule has 1 aliphatic carbocycles. The second-order valence-corrected chi connectivity index (χ2v) is 6.86. The molecule has 0 radical (unpaired) electrons. The van der Waals surface area contributed by atoms with Crippen LogP contribution in [0.2, 0.25) is 4.34 Å². The van der Waals surface area contributed by atoms with Gasteiger partial charge >= 0.3 is 0 Å². The van der Waals surface area contributed by atoms with Crippen LogP contribution in [-0.2, 0) is 11.3 Å². The summed E-state index contributed by atoms with van der Waals surface area (Å²) in [6, 6.07) is 4.35. The summed E-state index contributed by atoms with van der Waals surface area (Å²) in [4.78, 5) is 15.3. The molecule has 106 valence electrons. The Labute approximate surface area is 123 Å². The van der Waals surface area contributed by atoms with Crippen LogP contribution < -0.4 is 5.32 Å². The van der Waals surface area contributed by atoms with E-state index in [1.165, 1.54) is 17.7 Å². The summed E-state index contributed by atoms with van der Waals surface area (Å²) in [7, 11) is 0. The van der Waals surface area contributed by atoms with Crippen molar-refractivity contribution >= 4 is 28.8 Å².